The van der Waals surface area contributed by atoms with E-state index >= 15 is 0 Å². The normalized spacial score (nSPS) is 23.1. The van der Waals surface area contributed by atoms with Crippen molar-refractivity contribution >= 4 is 0 Å². The van der Waals surface area contributed by atoms with Gasteiger partial charge in [-0.15, -0.1) is 10.2 Å². The maximum absolute atomic E-state index is 4.33. The molecule has 0 spiro atoms. The van der Waals surface area contributed by atoms with Gasteiger partial charge in [0.1, 0.15) is 12.2 Å². The minimum atomic E-state index is 0.0582. The molecule has 1 aliphatic rings. The summed E-state index contributed by atoms with van der Waals surface area (Å²) >= 11 is 0. The molecular formula is C15H19N3. The molecule has 0 bridgehead atoms. The van der Waals surface area contributed by atoms with Crippen LogP contribution in [-0.4, -0.2) is 14.8 Å². The van der Waals surface area contributed by atoms with E-state index in [0.29, 0.717) is 11.8 Å². The monoisotopic (exact) mass is 241 g/mol. The van der Waals surface area contributed by atoms with Crippen LogP contribution in [-0.2, 0) is 5.54 Å². The molecule has 1 fully saturated rings. The Kier molecular flexibility index (Phi) is 2.51. The third kappa shape index (κ3) is 1.94. The average Bonchev–Trinajstić information content (AvgIpc) is 2.97. The summed E-state index contributed by atoms with van der Waals surface area (Å²) in [7, 11) is 0. The highest BCUT2D eigenvalue weighted by Crippen LogP contribution is 2.54. The summed E-state index contributed by atoms with van der Waals surface area (Å²) in [5.41, 5.74) is 1.48. The zero-order valence-electron chi connectivity index (χ0n) is 11.2. The smallest absolute Gasteiger partial charge is 0.137 e. The quantitative estimate of drug-likeness (QED) is 0.807. The summed E-state index contributed by atoms with van der Waals surface area (Å²) in [6, 6.07) is 10.7. The molecular weight excluding hydrogens is 222 g/mol. The molecule has 2 aromatic rings. The zero-order valence-corrected chi connectivity index (χ0v) is 11.2. The van der Waals surface area contributed by atoms with E-state index in [2.05, 4.69) is 65.9 Å². The number of rotatable bonds is 2. The lowest BCUT2D eigenvalue weighted by Gasteiger charge is -2.22. The van der Waals surface area contributed by atoms with Gasteiger partial charge >= 0.3 is 0 Å². The Hall–Kier alpha value is -1.64. The van der Waals surface area contributed by atoms with E-state index < -0.39 is 0 Å². The van der Waals surface area contributed by atoms with Crippen LogP contribution in [0.5, 0.6) is 0 Å². The average molecular weight is 241 g/mol. The number of aromatic nitrogens is 3. The first-order valence-electron chi connectivity index (χ1n) is 6.53. The van der Waals surface area contributed by atoms with Crippen LogP contribution in [0.1, 0.15) is 50.4 Å². The highest BCUT2D eigenvalue weighted by atomic mass is 15.3. The number of hydrogen-bond donors (Lipinski definition) is 0. The van der Waals surface area contributed by atoms with Gasteiger partial charge in [0.25, 0.3) is 0 Å². The Bertz CT molecular complexity index is 536. The second-order valence-corrected chi connectivity index (χ2v) is 6.09. The molecule has 18 heavy (non-hydrogen) atoms. The van der Waals surface area contributed by atoms with Crippen LogP contribution < -0.4 is 0 Å². The molecule has 0 amide bonds. The number of hydrogen-bond acceptors (Lipinski definition) is 2. The number of benzene rings is 1. The molecule has 0 radical (unpaired) electrons. The van der Waals surface area contributed by atoms with E-state index in [-0.39, 0.29) is 5.54 Å². The van der Waals surface area contributed by atoms with E-state index in [1.165, 1.54) is 12.0 Å². The van der Waals surface area contributed by atoms with E-state index in [1.54, 1.807) is 0 Å². The van der Waals surface area contributed by atoms with Crippen molar-refractivity contribution in [1.29, 1.82) is 0 Å². The van der Waals surface area contributed by atoms with Crippen LogP contribution in [0.25, 0.3) is 0 Å². The van der Waals surface area contributed by atoms with Gasteiger partial charge in [0.2, 0.25) is 0 Å². The first kappa shape index (κ1) is 11.5. The van der Waals surface area contributed by atoms with Gasteiger partial charge in [-0.1, -0.05) is 30.3 Å². The fourth-order valence-electron chi connectivity index (χ4n) is 2.56. The molecule has 3 heteroatoms. The molecule has 0 saturated heterocycles. The maximum Gasteiger partial charge on any atom is 0.137 e. The summed E-state index contributed by atoms with van der Waals surface area (Å²) in [5, 5.41) is 8.42. The van der Waals surface area contributed by atoms with Gasteiger partial charge in [-0.3, -0.25) is 0 Å². The van der Waals surface area contributed by atoms with Crippen LogP contribution in [0.15, 0.2) is 36.7 Å². The zero-order chi connectivity index (χ0) is 12.8. The lowest BCUT2D eigenvalue weighted by Crippen LogP contribution is -2.23. The van der Waals surface area contributed by atoms with Gasteiger partial charge in [-0.2, -0.15) is 0 Å². The first-order valence-corrected chi connectivity index (χ1v) is 6.53. The molecule has 0 aliphatic heterocycles. The first-order chi connectivity index (χ1) is 8.57. The van der Waals surface area contributed by atoms with Crippen molar-refractivity contribution in [2.24, 2.45) is 0 Å². The fraction of sp³-hybridized carbons (Fsp3) is 0.467. The summed E-state index contributed by atoms with van der Waals surface area (Å²) in [6.45, 7) is 6.58. The third-order valence-electron chi connectivity index (χ3n) is 3.65. The predicted molar refractivity (Wildman–Crippen MR) is 71.6 cm³/mol. The topological polar surface area (TPSA) is 30.7 Å². The van der Waals surface area contributed by atoms with E-state index in [4.69, 9.17) is 0 Å². The Morgan fingerprint density at radius 1 is 1.11 bits per heavy atom. The molecule has 0 N–H and O–H groups in total. The van der Waals surface area contributed by atoms with Gasteiger partial charge in [0.05, 0.1) is 0 Å². The molecule has 94 valence electrons. The molecule has 2 atom stereocenters. The van der Waals surface area contributed by atoms with E-state index in [9.17, 15) is 0 Å². The van der Waals surface area contributed by atoms with Crippen molar-refractivity contribution in [2.45, 2.75) is 44.6 Å². The molecule has 1 aliphatic carbocycles. The van der Waals surface area contributed by atoms with E-state index in [1.807, 2.05) is 6.33 Å². The molecule has 3 rings (SSSR count). The van der Waals surface area contributed by atoms with E-state index in [0.717, 1.165) is 5.82 Å². The lowest BCUT2D eigenvalue weighted by atomic mass is 10.1. The molecule has 1 saturated carbocycles. The Balaban J connectivity index is 1.86. The minimum Gasteiger partial charge on any atom is -0.312 e. The van der Waals surface area contributed by atoms with Crippen LogP contribution in [0, 0.1) is 0 Å². The Morgan fingerprint density at radius 2 is 1.83 bits per heavy atom. The fourth-order valence-corrected chi connectivity index (χ4v) is 2.56. The van der Waals surface area contributed by atoms with Crippen molar-refractivity contribution in [2.75, 3.05) is 0 Å². The van der Waals surface area contributed by atoms with Crippen molar-refractivity contribution in [3.63, 3.8) is 0 Å². The summed E-state index contributed by atoms with van der Waals surface area (Å²) in [5.74, 6) is 2.29. The summed E-state index contributed by atoms with van der Waals surface area (Å²) in [4.78, 5) is 0. The van der Waals surface area contributed by atoms with Crippen LogP contribution >= 0.6 is 0 Å². The SMILES string of the molecule is CC(C)(C)n1cnnc1C1CC1c1ccccc1. The van der Waals surface area contributed by atoms with Crippen molar-refractivity contribution < 1.29 is 0 Å². The maximum atomic E-state index is 4.33. The summed E-state index contributed by atoms with van der Waals surface area (Å²) < 4.78 is 2.21. The highest BCUT2D eigenvalue weighted by molar-refractivity contribution is 5.31. The van der Waals surface area contributed by atoms with Gasteiger partial charge < -0.3 is 4.57 Å². The van der Waals surface area contributed by atoms with Crippen LogP contribution in [0.4, 0.5) is 0 Å². The van der Waals surface area contributed by atoms with Gasteiger partial charge in [0.15, 0.2) is 0 Å². The second-order valence-electron chi connectivity index (χ2n) is 6.09. The third-order valence-corrected chi connectivity index (χ3v) is 3.65. The van der Waals surface area contributed by atoms with Crippen LogP contribution in [0.3, 0.4) is 0 Å². The van der Waals surface area contributed by atoms with Crippen molar-refractivity contribution in [1.82, 2.24) is 14.8 Å². The lowest BCUT2D eigenvalue weighted by molar-refractivity contribution is 0.381. The van der Waals surface area contributed by atoms with Gasteiger partial charge in [-0.25, -0.2) is 0 Å². The van der Waals surface area contributed by atoms with Crippen molar-refractivity contribution in [3.8, 4) is 0 Å². The minimum absolute atomic E-state index is 0.0582. The molecule has 1 aromatic carbocycles. The molecule has 1 heterocycles. The largest absolute Gasteiger partial charge is 0.312 e. The molecule has 1 aromatic heterocycles. The molecule has 3 nitrogen and oxygen atoms in total. The number of nitrogens with zero attached hydrogens (tertiary/aromatic N) is 3. The summed E-state index contributed by atoms with van der Waals surface area (Å²) in [6.07, 6.45) is 3.05. The Morgan fingerprint density at radius 3 is 2.50 bits per heavy atom. The van der Waals surface area contributed by atoms with Gasteiger partial charge in [-0.05, 0) is 38.7 Å². The van der Waals surface area contributed by atoms with Crippen LogP contribution in [0.2, 0.25) is 0 Å². The predicted octanol–water partition coefficient (Wildman–Crippen LogP) is 3.30. The second kappa shape index (κ2) is 3.94. The van der Waals surface area contributed by atoms with Gasteiger partial charge in [0, 0.05) is 11.5 Å². The molecule has 2 unspecified atom stereocenters. The highest BCUT2D eigenvalue weighted by Gasteiger charge is 2.43. The standard InChI is InChI=1S/C15H19N3/c1-15(2,3)18-10-16-17-14(18)13-9-12(13)11-7-5-4-6-8-11/h4-8,10,12-13H,9H2,1-3H3. The Labute approximate surface area is 108 Å². The van der Waals surface area contributed by atoms with Crippen molar-refractivity contribution in [3.05, 3.63) is 48.0 Å².